The molecule has 0 radical (unpaired) electrons. The fraction of sp³-hybridized carbons (Fsp3) is 0.120. The summed E-state index contributed by atoms with van der Waals surface area (Å²) in [6.07, 6.45) is 1.24. The van der Waals surface area contributed by atoms with Gasteiger partial charge >= 0.3 is 12.0 Å². The van der Waals surface area contributed by atoms with Gasteiger partial charge in [0.15, 0.2) is 0 Å². The first-order valence-corrected chi connectivity index (χ1v) is 10.4. The Morgan fingerprint density at radius 1 is 1.03 bits per heavy atom. The molecule has 0 unspecified atom stereocenters. The van der Waals surface area contributed by atoms with Crippen molar-refractivity contribution < 1.29 is 33.1 Å². The van der Waals surface area contributed by atoms with Crippen LogP contribution < -0.4 is 15.0 Å². The van der Waals surface area contributed by atoms with Crippen LogP contribution in [0, 0.1) is 0 Å². The number of hydrogen-bond acceptors (Lipinski definition) is 7. The molecule has 1 fully saturated rings. The Morgan fingerprint density at radius 3 is 2.53 bits per heavy atom. The van der Waals surface area contributed by atoms with Gasteiger partial charge in [-0.1, -0.05) is 30.3 Å². The Hall–Kier alpha value is -4.66. The number of imide groups is 2. The Labute approximate surface area is 194 Å². The Kier molecular flexibility index (Phi) is 6.26. The summed E-state index contributed by atoms with van der Waals surface area (Å²) in [5, 5.41) is 2.17. The van der Waals surface area contributed by atoms with Crippen LogP contribution in [0.15, 0.2) is 70.7 Å². The number of urea groups is 1. The lowest BCUT2D eigenvalue weighted by molar-refractivity contribution is -0.122. The number of anilines is 1. The van der Waals surface area contributed by atoms with Crippen molar-refractivity contribution in [3.8, 4) is 17.1 Å². The number of amides is 4. The van der Waals surface area contributed by atoms with E-state index in [1.165, 1.54) is 13.2 Å². The lowest BCUT2D eigenvalue weighted by Gasteiger charge is -2.27. The molecule has 2 aromatic carbocycles. The van der Waals surface area contributed by atoms with Gasteiger partial charge in [-0.05, 0) is 43.3 Å². The maximum Gasteiger partial charge on any atom is 0.338 e. The van der Waals surface area contributed by atoms with Gasteiger partial charge in [0.1, 0.15) is 22.8 Å². The molecule has 172 valence electrons. The number of esters is 1. The van der Waals surface area contributed by atoms with Gasteiger partial charge in [0, 0.05) is 5.56 Å². The van der Waals surface area contributed by atoms with Crippen LogP contribution in [-0.2, 0) is 14.3 Å². The van der Waals surface area contributed by atoms with Crippen molar-refractivity contribution in [1.82, 2.24) is 5.32 Å². The van der Waals surface area contributed by atoms with Crippen LogP contribution in [-0.4, -0.2) is 37.5 Å². The van der Waals surface area contributed by atoms with E-state index in [0.717, 1.165) is 4.90 Å². The number of methoxy groups -OCH3 is 1. The first-order valence-electron chi connectivity index (χ1n) is 10.4. The van der Waals surface area contributed by atoms with E-state index in [9.17, 15) is 19.2 Å². The van der Waals surface area contributed by atoms with Crippen molar-refractivity contribution >= 4 is 35.6 Å². The smallest absolute Gasteiger partial charge is 0.338 e. The number of barbiturate groups is 1. The molecule has 4 rings (SSSR count). The molecular weight excluding hydrogens is 440 g/mol. The highest BCUT2D eigenvalue weighted by Crippen LogP contribution is 2.32. The lowest BCUT2D eigenvalue weighted by atomic mass is 10.1. The number of furan rings is 1. The van der Waals surface area contributed by atoms with E-state index in [-0.39, 0.29) is 17.0 Å². The molecule has 0 aliphatic carbocycles. The molecule has 0 spiro atoms. The number of nitrogens with one attached hydrogen (secondary N) is 1. The van der Waals surface area contributed by atoms with Gasteiger partial charge in [0.25, 0.3) is 11.8 Å². The topological polar surface area (TPSA) is 115 Å². The van der Waals surface area contributed by atoms with Crippen LogP contribution >= 0.6 is 0 Å². The minimum absolute atomic E-state index is 0.181. The number of para-hydroxylation sites is 2. The molecule has 4 amide bonds. The number of hydrogen-bond donors (Lipinski definition) is 1. The third-order valence-electron chi connectivity index (χ3n) is 5.02. The number of carbonyl (C=O) groups is 4. The molecule has 1 aliphatic heterocycles. The van der Waals surface area contributed by atoms with Gasteiger partial charge in [0.2, 0.25) is 0 Å². The molecule has 9 nitrogen and oxygen atoms in total. The van der Waals surface area contributed by atoms with Crippen molar-refractivity contribution in [3.05, 3.63) is 77.6 Å². The maximum absolute atomic E-state index is 13.2. The zero-order chi connectivity index (χ0) is 24.2. The Bertz CT molecular complexity index is 1320. The van der Waals surface area contributed by atoms with Gasteiger partial charge < -0.3 is 13.9 Å². The van der Waals surface area contributed by atoms with Gasteiger partial charge in [0.05, 0.1) is 25.0 Å². The van der Waals surface area contributed by atoms with Crippen LogP contribution in [0.25, 0.3) is 17.4 Å². The maximum atomic E-state index is 13.2. The third-order valence-corrected chi connectivity index (χ3v) is 5.02. The second kappa shape index (κ2) is 9.45. The summed E-state index contributed by atoms with van der Waals surface area (Å²) < 4.78 is 16.1. The van der Waals surface area contributed by atoms with Crippen LogP contribution in [0.3, 0.4) is 0 Å². The van der Waals surface area contributed by atoms with E-state index in [1.807, 2.05) is 0 Å². The molecule has 3 aromatic rings. The van der Waals surface area contributed by atoms with E-state index in [1.54, 1.807) is 67.6 Å². The highest BCUT2D eigenvalue weighted by Gasteiger charge is 2.38. The van der Waals surface area contributed by atoms with Crippen molar-refractivity contribution in [2.24, 2.45) is 0 Å². The summed E-state index contributed by atoms with van der Waals surface area (Å²) in [6, 6.07) is 15.5. The molecule has 9 heteroatoms. The standard InChI is InChI=1S/C25H20N2O7/c1-3-33-21-11-7-6-10-19(21)27-23(29)18(22(28)26-25(27)31)14-15-12-13-20(34-15)16-8-4-5-9-17(16)24(30)32-2/h4-14H,3H2,1-2H3,(H,26,28,31)/b18-14+. The number of nitrogens with zero attached hydrogens (tertiary/aromatic N) is 1. The minimum Gasteiger partial charge on any atom is -0.492 e. The number of rotatable bonds is 6. The van der Waals surface area contributed by atoms with E-state index in [0.29, 0.717) is 29.2 Å². The predicted molar refractivity (Wildman–Crippen MR) is 122 cm³/mol. The van der Waals surface area contributed by atoms with Crippen LogP contribution in [0.2, 0.25) is 0 Å². The highest BCUT2D eigenvalue weighted by atomic mass is 16.5. The molecule has 0 saturated carbocycles. The molecule has 34 heavy (non-hydrogen) atoms. The monoisotopic (exact) mass is 460 g/mol. The van der Waals surface area contributed by atoms with E-state index < -0.39 is 23.8 Å². The fourth-order valence-corrected chi connectivity index (χ4v) is 3.50. The van der Waals surface area contributed by atoms with Gasteiger partial charge in [-0.3, -0.25) is 14.9 Å². The van der Waals surface area contributed by atoms with Crippen LogP contribution in [0.1, 0.15) is 23.0 Å². The zero-order valence-corrected chi connectivity index (χ0v) is 18.4. The summed E-state index contributed by atoms with van der Waals surface area (Å²) in [5.74, 6) is -1.37. The second-order valence-electron chi connectivity index (χ2n) is 7.10. The normalized spacial score (nSPS) is 14.8. The molecule has 0 atom stereocenters. The SMILES string of the molecule is CCOc1ccccc1N1C(=O)NC(=O)/C(=C\c2ccc(-c3ccccc3C(=O)OC)o2)C1=O. The van der Waals surface area contributed by atoms with Crippen molar-refractivity contribution in [1.29, 1.82) is 0 Å². The number of benzene rings is 2. The Morgan fingerprint density at radius 2 is 1.76 bits per heavy atom. The Balaban J connectivity index is 1.70. The largest absolute Gasteiger partial charge is 0.492 e. The first kappa shape index (κ1) is 22.5. The molecule has 1 aliphatic rings. The van der Waals surface area contributed by atoms with Gasteiger partial charge in [-0.25, -0.2) is 14.5 Å². The minimum atomic E-state index is -0.883. The van der Waals surface area contributed by atoms with Gasteiger partial charge in [-0.2, -0.15) is 0 Å². The molecule has 1 N–H and O–H groups in total. The second-order valence-corrected chi connectivity index (χ2v) is 7.10. The number of ether oxygens (including phenoxy) is 2. The molecule has 1 saturated heterocycles. The van der Waals surface area contributed by atoms with E-state index in [4.69, 9.17) is 13.9 Å². The third kappa shape index (κ3) is 4.18. The molecule has 0 bridgehead atoms. The van der Waals surface area contributed by atoms with E-state index in [2.05, 4.69) is 5.32 Å². The fourth-order valence-electron chi connectivity index (χ4n) is 3.50. The summed E-state index contributed by atoms with van der Waals surface area (Å²) in [5.41, 5.74) is 0.695. The van der Waals surface area contributed by atoms with Gasteiger partial charge in [-0.15, -0.1) is 0 Å². The number of carbonyl (C=O) groups excluding carboxylic acids is 4. The summed E-state index contributed by atoms with van der Waals surface area (Å²) >= 11 is 0. The highest BCUT2D eigenvalue weighted by molar-refractivity contribution is 6.39. The van der Waals surface area contributed by atoms with Crippen molar-refractivity contribution in [2.45, 2.75) is 6.92 Å². The lowest BCUT2D eigenvalue weighted by Crippen LogP contribution is -2.54. The summed E-state index contributed by atoms with van der Waals surface area (Å²) in [7, 11) is 1.28. The molecular formula is C25H20N2O7. The quantitative estimate of drug-likeness (QED) is 0.338. The molecule has 1 aromatic heterocycles. The molecule has 2 heterocycles. The average Bonchev–Trinajstić information content (AvgIpc) is 3.31. The summed E-state index contributed by atoms with van der Waals surface area (Å²) in [4.78, 5) is 51.1. The average molecular weight is 460 g/mol. The van der Waals surface area contributed by atoms with E-state index >= 15 is 0 Å². The first-order chi connectivity index (χ1) is 16.4. The van der Waals surface area contributed by atoms with Crippen LogP contribution in [0.4, 0.5) is 10.5 Å². The predicted octanol–water partition coefficient (Wildman–Crippen LogP) is 3.80. The van der Waals surface area contributed by atoms with Crippen molar-refractivity contribution in [3.63, 3.8) is 0 Å². The summed E-state index contributed by atoms with van der Waals surface area (Å²) in [6.45, 7) is 2.10. The zero-order valence-electron chi connectivity index (χ0n) is 18.4. The van der Waals surface area contributed by atoms with Crippen molar-refractivity contribution in [2.75, 3.05) is 18.6 Å². The van der Waals surface area contributed by atoms with Crippen LogP contribution in [0.5, 0.6) is 5.75 Å².